The third-order valence-electron chi connectivity index (χ3n) is 3.55. The Labute approximate surface area is 140 Å². The molecule has 1 aromatic carbocycles. The highest BCUT2D eigenvalue weighted by molar-refractivity contribution is 5.94. The van der Waals surface area contributed by atoms with Gasteiger partial charge in [0.25, 0.3) is 5.91 Å². The second kappa shape index (κ2) is 7.55. The minimum absolute atomic E-state index is 0.0918. The van der Waals surface area contributed by atoms with Gasteiger partial charge in [0, 0.05) is 5.56 Å². The van der Waals surface area contributed by atoms with Gasteiger partial charge in [0.15, 0.2) is 0 Å². The molecule has 1 amide bonds. The molecule has 0 saturated carbocycles. The molecular weight excluding hydrogens is 306 g/mol. The Morgan fingerprint density at radius 2 is 1.54 bits per heavy atom. The maximum atomic E-state index is 12.9. The van der Waals surface area contributed by atoms with Gasteiger partial charge >= 0.3 is 0 Å². The average molecular weight is 325 g/mol. The molecule has 0 bridgehead atoms. The van der Waals surface area contributed by atoms with Crippen molar-refractivity contribution in [3.05, 3.63) is 78.1 Å². The zero-order valence-corrected chi connectivity index (χ0v) is 13.5. The largest absolute Gasteiger partial charge is 0.494 e. The van der Waals surface area contributed by atoms with Crippen LogP contribution in [0.1, 0.15) is 28.8 Å². The second-order valence-electron chi connectivity index (χ2n) is 5.28. The first kappa shape index (κ1) is 15.9. The van der Waals surface area contributed by atoms with Crippen molar-refractivity contribution in [2.24, 2.45) is 0 Å². The van der Waals surface area contributed by atoms with E-state index < -0.39 is 0 Å². The van der Waals surface area contributed by atoms with Crippen LogP contribution < -0.4 is 4.74 Å². The molecular formula is C19H19NO4. The summed E-state index contributed by atoms with van der Waals surface area (Å²) in [5.41, 5.74) is 0.594. The maximum Gasteiger partial charge on any atom is 0.254 e. The lowest BCUT2D eigenvalue weighted by molar-refractivity contribution is 0.0705. The molecule has 0 unspecified atom stereocenters. The van der Waals surface area contributed by atoms with Crippen molar-refractivity contribution in [1.29, 1.82) is 0 Å². The molecule has 0 spiro atoms. The van der Waals surface area contributed by atoms with Crippen LogP contribution in [0.15, 0.2) is 69.9 Å². The number of rotatable bonds is 7. The maximum absolute atomic E-state index is 12.9. The van der Waals surface area contributed by atoms with Crippen molar-refractivity contribution in [2.75, 3.05) is 6.61 Å². The lowest BCUT2D eigenvalue weighted by atomic mass is 10.2. The fraction of sp³-hybridized carbons (Fsp3) is 0.211. The van der Waals surface area contributed by atoms with E-state index in [1.807, 2.05) is 31.2 Å². The first-order valence-electron chi connectivity index (χ1n) is 7.83. The summed E-state index contributed by atoms with van der Waals surface area (Å²) in [6.07, 6.45) is 3.20. The molecule has 3 aromatic rings. The molecule has 5 nitrogen and oxygen atoms in total. The van der Waals surface area contributed by atoms with E-state index in [4.69, 9.17) is 13.6 Å². The quantitative estimate of drug-likeness (QED) is 0.656. The van der Waals surface area contributed by atoms with Gasteiger partial charge in [-0.25, -0.2) is 0 Å². The summed E-state index contributed by atoms with van der Waals surface area (Å²) < 4.78 is 16.2. The Hall–Kier alpha value is -2.95. The summed E-state index contributed by atoms with van der Waals surface area (Å²) in [6, 6.07) is 14.4. The fourth-order valence-corrected chi connectivity index (χ4v) is 2.42. The van der Waals surface area contributed by atoms with Gasteiger partial charge in [0.05, 0.1) is 32.2 Å². The highest BCUT2D eigenvalue weighted by atomic mass is 16.5. The molecule has 0 radical (unpaired) electrons. The summed E-state index contributed by atoms with van der Waals surface area (Å²) in [5.74, 6) is 2.10. The van der Waals surface area contributed by atoms with Crippen LogP contribution in [0.5, 0.6) is 5.75 Å². The van der Waals surface area contributed by atoms with Crippen molar-refractivity contribution in [2.45, 2.75) is 20.0 Å². The number of nitrogens with zero attached hydrogens (tertiary/aromatic N) is 1. The third-order valence-corrected chi connectivity index (χ3v) is 3.55. The van der Waals surface area contributed by atoms with Crippen molar-refractivity contribution < 1.29 is 18.4 Å². The number of carbonyl (C=O) groups excluding carboxylic acids is 1. The van der Waals surface area contributed by atoms with E-state index in [2.05, 4.69) is 0 Å². The topological polar surface area (TPSA) is 55.8 Å². The summed E-state index contributed by atoms with van der Waals surface area (Å²) in [7, 11) is 0. The Bertz CT molecular complexity index is 709. The van der Waals surface area contributed by atoms with Crippen LogP contribution in [0.4, 0.5) is 0 Å². The minimum atomic E-state index is -0.0918. The van der Waals surface area contributed by atoms with Gasteiger partial charge in [-0.1, -0.05) is 0 Å². The Kier molecular flexibility index (Phi) is 5.01. The number of ether oxygens (including phenoxy) is 1. The molecule has 0 aliphatic carbocycles. The summed E-state index contributed by atoms with van der Waals surface area (Å²) >= 11 is 0. The monoisotopic (exact) mass is 325 g/mol. The summed E-state index contributed by atoms with van der Waals surface area (Å²) in [6.45, 7) is 3.27. The van der Waals surface area contributed by atoms with Crippen molar-refractivity contribution in [3.8, 4) is 5.75 Å². The molecule has 0 N–H and O–H groups in total. The van der Waals surface area contributed by atoms with E-state index in [1.54, 1.807) is 41.7 Å². The molecule has 3 rings (SSSR count). The first-order valence-corrected chi connectivity index (χ1v) is 7.83. The fourth-order valence-electron chi connectivity index (χ4n) is 2.42. The Morgan fingerprint density at radius 1 is 0.958 bits per heavy atom. The van der Waals surface area contributed by atoms with Gasteiger partial charge in [-0.05, 0) is 55.5 Å². The SMILES string of the molecule is CCOc1ccc(C(=O)N(Cc2ccco2)Cc2ccco2)cc1. The van der Waals surface area contributed by atoms with Crippen LogP contribution in [0, 0.1) is 0 Å². The second-order valence-corrected chi connectivity index (χ2v) is 5.28. The van der Waals surface area contributed by atoms with E-state index in [1.165, 1.54) is 0 Å². The molecule has 2 aromatic heterocycles. The van der Waals surface area contributed by atoms with E-state index in [9.17, 15) is 4.79 Å². The number of hydrogen-bond acceptors (Lipinski definition) is 4. The zero-order chi connectivity index (χ0) is 16.8. The highest BCUT2D eigenvalue weighted by Crippen LogP contribution is 2.17. The molecule has 0 aliphatic heterocycles. The normalized spacial score (nSPS) is 10.5. The minimum Gasteiger partial charge on any atom is -0.494 e. The van der Waals surface area contributed by atoms with Crippen LogP contribution in [0.25, 0.3) is 0 Å². The number of benzene rings is 1. The molecule has 5 heteroatoms. The predicted molar refractivity (Wildman–Crippen MR) is 88.6 cm³/mol. The Balaban J connectivity index is 1.79. The van der Waals surface area contributed by atoms with Crippen LogP contribution in [-0.4, -0.2) is 17.4 Å². The third kappa shape index (κ3) is 3.87. The lowest BCUT2D eigenvalue weighted by Gasteiger charge is -2.21. The lowest BCUT2D eigenvalue weighted by Crippen LogP contribution is -2.29. The highest BCUT2D eigenvalue weighted by Gasteiger charge is 2.19. The van der Waals surface area contributed by atoms with Gasteiger partial charge in [0.1, 0.15) is 17.3 Å². The van der Waals surface area contributed by atoms with Gasteiger partial charge < -0.3 is 18.5 Å². The van der Waals surface area contributed by atoms with E-state index >= 15 is 0 Å². The van der Waals surface area contributed by atoms with E-state index in [-0.39, 0.29) is 5.91 Å². The predicted octanol–water partition coefficient (Wildman–Crippen LogP) is 4.11. The summed E-state index contributed by atoms with van der Waals surface area (Å²) in [4.78, 5) is 14.6. The number of amides is 1. The van der Waals surface area contributed by atoms with E-state index in [0.717, 1.165) is 17.3 Å². The molecule has 124 valence electrons. The number of hydrogen-bond donors (Lipinski definition) is 0. The van der Waals surface area contributed by atoms with Crippen LogP contribution >= 0.6 is 0 Å². The van der Waals surface area contributed by atoms with Gasteiger partial charge in [0.2, 0.25) is 0 Å². The van der Waals surface area contributed by atoms with Crippen LogP contribution in [0.3, 0.4) is 0 Å². The zero-order valence-electron chi connectivity index (χ0n) is 13.5. The summed E-state index contributed by atoms with van der Waals surface area (Å²) in [5, 5.41) is 0. The Morgan fingerprint density at radius 3 is 2.00 bits per heavy atom. The van der Waals surface area contributed by atoms with Gasteiger partial charge in [-0.2, -0.15) is 0 Å². The molecule has 24 heavy (non-hydrogen) atoms. The van der Waals surface area contributed by atoms with Crippen LogP contribution in [0.2, 0.25) is 0 Å². The van der Waals surface area contributed by atoms with E-state index in [0.29, 0.717) is 25.3 Å². The smallest absolute Gasteiger partial charge is 0.254 e. The standard InChI is InChI=1S/C19H19NO4/c1-2-22-16-9-7-15(8-10-16)19(21)20(13-17-5-3-11-23-17)14-18-6-4-12-24-18/h3-12H,2,13-14H2,1H3. The number of carbonyl (C=O) groups is 1. The molecule has 2 heterocycles. The molecule has 0 aliphatic rings. The van der Waals surface area contributed by atoms with Gasteiger partial charge in [-0.15, -0.1) is 0 Å². The van der Waals surface area contributed by atoms with Crippen LogP contribution in [-0.2, 0) is 13.1 Å². The molecule has 0 fully saturated rings. The number of furan rings is 2. The molecule has 0 saturated heterocycles. The van der Waals surface area contributed by atoms with Crippen molar-refractivity contribution >= 4 is 5.91 Å². The van der Waals surface area contributed by atoms with Gasteiger partial charge in [-0.3, -0.25) is 4.79 Å². The first-order chi connectivity index (χ1) is 11.8. The molecule has 0 atom stereocenters. The van der Waals surface area contributed by atoms with Crippen molar-refractivity contribution in [3.63, 3.8) is 0 Å². The van der Waals surface area contributed by atoms with Crippen molar-refractivity contribution in [1.82, 2.24) is 4.90 Å². The average Bonchev–Trinajstić information content (AvgIpc) is 3.28.